The van der Waals surface area contributed by atoms with E-state index >= 15 is 0 Å². The zero-order chi connectivity index (χ0) is 15.5. The van der Waals surface area contributed by atoms with Crippen LogP contribution in [0.1, 0.15) is 33.8 Å². The van der Waals surface area contributed by atoms with E-state index in [1.54, 1.807) is 18.2 Å². The van der Waals surface area contributed by atoms with Crippen LogP contribution in [0.3, 0.4) is 0 Å². The summed E-state index contributed by atoms with van der Waals surface area (Å²) in [6.07, 6.45) is 0.676. The molecular weight excluding hydrogens is 302 g/mol. The fraction of sp³-hybridized carbons (Fsp3) is 0.176. The standard InChI is InChI=1S/C17H12ClNO3/c18-11-3-1-2-9(6-11)13-8-17(13)12-7-10(15(20)21)4-5-14(12)19-16(17)22/h1-7,13H,8H2,(H,19,22)(H,20,21)/t13-,17-/m1/s1. The first kappa shape index (κ1) is 13.3. The van der Waals surface area contributed by atoms with Crippen LogP contribution in [-0.2, 0) is 10.2 Å². The molecule has 0 radical (unpaired) electrons. The average molecular weight is 314 g/mol. The summed E-state index contributed by atoms with van der Waals surface area (Å²) in [6.45, 7) is 0. The molecule has 2 aromatic carbocycles. The number of amides is 1. The van der Waals surface area contributed by atoms with Crippen molar-refractivity contribution in [3.05, 3.63) is 64.2 Å². The highest BCUT2D eigenvalue weighted by atomic mass is 35.5. The number of anilines is 1. The highest BCUT2D eigenvalue weighted by Gasteiger charge is 2.65. The molecule has 1 aliphatic heterocycles. The molecule has 0 bridgehead atoms. The van der Waals surface area contributed by atoms with E-state index in [2.05, 4.69) is 5.32 Å². The van der Waals surface area contributed by atoms with Gasteiger partial charge >= 0.3 is 5.97 Å². The van der Waals surface area contributed by atoms with Gasteiger partial charge in [-0.15, -0.1) is 0 Å². The van der Waals surface area contributed by atoms with Crippen molar-refractivity contribution in [1.29, 1.82) is 0 Å². The molecule has 0 saturated heterocycles. The van der Waals surface area contributed by atoms with Crippen LogP contribution < -0.4 is 5.32 Å². The Hall–Kier alpha value is -2.33. The summed E-state index contributed by atoms with van der Waals surface area (Å²) in [6, 6.07) is 12.3. The average Bonchev–Trinajstić information content (AvgIpc) is 3.17. The number of carbonyl (C=O) groups is 2. The van der Waals surface area contributed by atoms with Gasteiger partial charge in [0, 0.05) is 16.6 Å². The molecule has 1 fully saturated rings. The number of carboxylic acids is 1. The van der Waals surface area contributed by atoms with Gasteiger partial charge in [-0.05, 0) is 47.9 Å². The van der Waals surface area contributed by atoms with Crippen molar-refractivity contribution < 1.29 is 14.7 Å². The number of carbonyl (C=O) groups excluding carboxylic acids is 1. The lowest BCUT2D eigenvalue weighted by Gasteiger charge is -2.09. The lowest BCUT2D eigenvalue weighted by Crippen LogP contribution is -2.21. The number of benzene rings is 2. The van der Waals surface area contributed by atoms with E-state index in [0.717, 1.165) is 11.1 Å². The summed E-state index contributed by atoms with van der Waals surface area (Å²) >= 11 is 6.04. The highest BCUT2D eigenvalue weighted by Crippen LogP contribution is 2.65. The molecular formula is C17H12ClNO3. The second kappa shape index (κ2) is 4.34. The minimum atomic E-state index is -0.989. The van der Waals surface area contributed by atoms with Crippen molar-refractivity contribution in [3.63, 3.8) is 0 Å². The first-order valence-electron chi connectivity index (χ1n) is 6.97. The first-order chi connectivity index (χ1) is 10.5. The third-order valence-corrected chi connectivity index (χ3v) is 4.85. The summed E-state index contributed by atoms with van der Waals surface area (Å²) in [4.78, 5) is 23.7. The van der Waals surface area contributed by atoms with Crippen LogP contribution in [0.15, 0.2) is 42.5 Å². The third kappa shape index (κ3) is 1.70. The maximum absolute atomic E-state index is 12.5. The maximum atomic E-state index is 12.5. The molecule has 1 saturated carbocycles. The molecule has 1 heterocycles. The number of rotatable bonds is 2. The van der Waals surface area contributed by atoms with Crippen LogP contribution in [-0.4, -0.2) is 17.0 Å². The summed E-state index contributed by atoms with van der Waals surface area (Å²) < 4.78 is 0. The van der Waals surface area contributed by atoms with E-state index in [0.29, 0.717) is 17.1 Å². The second-order valence-corrected chi connectivity index (χ2v) is 6.24. The Morgan fingerprint density at radius 3 is 2.82 bits per heavy atom. The van der Waals surface area contributed by atoms with Gasteiger partial charge in [0.05, 0.1) is 11.0 Å². The Morgan fingerprint density at radius 1 is 1.27 bits per heavy atom. The normalized spacial score (nSPS) is 25.0. The zero-order valence-corrected chi connectivity index (χ0v) is 12.2. The van der Waals surface area contributed by atoms with Gasteiger partial charge in [0.1, 0.15) is 0 Å². The van der Waals surface area contributed by atoms with Crippen LogP contribution >= 0.6 is 11.6 Å². The largest absolute Gasteiger partial charge is 0.478 e. The molecule has 0 aromatic heterocycles. The Balaban J connectivity index is 1.81. The van der Waals surface area contributed by atoms with Gasteiger partial charge < -0.3 is 10.4 Å². The smallest absolute Gasteiger partial charge is 0.335 e. The zero-order valence-electron chi connectivity index (χ0n) is 11.5. The number of hydrogen-bond acceptors (Lipinski definition) is 2. The molecule has 1 spiro atoms. The number of carboxylic acid groups (broad SMARTS) is 1. The molecule has 2 N–H and O–H groups in total. The summed E-state index contributed by atoms with van der Waals surface area (Å²) in [5.41, 5.74) is 2.05. The van der Waals surface area contributed by atoms with E-state index in [-0.39, 0.29) is 17.4 Å². The molecule has 4 rings (SSSR count). The van der Waals surface area contributed by atoms with Gasteiger partial charge in [0.25, 0.3) is 0 Å². The number of aromatic carboxylic acids is 1. The number of fused-ring (bicyclic) bond motifs is 2. The molecule has 2 aliphatic rings. The summed E-state index contributed by atoms with van der Waals surface area (Å²) in [5, 5.41) is 12.7. The Kier molecular flexibility index (Phi) is 2.63. The van der Waals surface area contributed by atoms with E-state index < -0.39 is 11.4 Å². The van der Waals surface area contributed by atoms with Gasteiger partial charge in [-0.2, -0.15) is 0 Å². The van der Waals surface area contributed by atoms with E-state index in [4.69, 9.17) is 16.7 Å². The monoisotopic (exact) mass is 313 g/mol. The van der Waals surface area contributed by atoms with Gasteiger partial charge in [-0.1, -0.05) is 23.7 Å². The molecule has 0 unspecified atom stereocenters. The first-order valence-corrected chi connectivity index (χ1v) is 7.35. The predicted molar refractivity (Wildman–Crippen MR) is 82.5 cm³/mol. The molecule has 1 amide bonds. The quantitative estimate of drug-likeness (QED) is 0.892. The maximum Gasteiger partial charge on any atom is 0.335 e. The van der Waals surface area contributed by atoms with Crippen LogP contribution in [0.2, 0.25) is 5.02 Å². The SMILES string of the molecule is O=C(O)c1ccc2c(c1)[C@@]1(C[C@@H]1c1cccc(Cl)c1)C(=O)N2. The molecule has 1 aliphatic carbocycles. The molecule has 4 nitrogen and oxygen atoms in total. The minimum absolute atomic E-state index is 0.0384. The highest BCUT2D eigenvalue weighted by molar-refractivity contribution is 6.30. The van der Waals surface area contributed by atoms with E-state index in [1.807, 2.05) is 18.2 Å². The van der Waals surface area contributed by atoms with Crippen molar-refractivity contribution in [2.75, 3.05) is 5.32 Å². The van der Waals surface area contributed by atoms with Crippen molar-refractivity contribution >= 4 is 29.2 Å². The minimum Gasteiger partial charge on any atom is -0.478 e. The molecule has 2 aromatic rings. The molecule has 2 atom stereocenters. The molecule has 110 valence electrons. The van der Waals surface area contributed by atoms with Gasteiger partial charge in [-0.3, -0.25) is 4.79 Å². The van der Waals surface area contributed by atoms with E-state index in [1.165, 1.54) is 6.07 Å². The summed E-state index contributed by atoms with van der Waals surface area (Å²) in [7, 11) is 0. The van der Waals surface area contributed by atoms with Crippen LogP contribution in [0.5, 0.6) is 0 Å². The predicted octanol–water partition coefficient (Wildman–Crippen LogP) is 3.42. The summed E-state index contributed by atoms with van der Waals surface area (Å²) in [5.74, 6) is -1.01. The van der Waals surface area contributed by atoms with Crippen molar-refractivity contribution in [2.24, 2.45) is 0 Å². The fourth-order valence-corrected chi connectivity index (χ4v) is 3.65. The van der Waals surface area contributed by atoms with E-state index in [9.17, 15) is 9.59 Å². The molecule has 22 heavy (non-hydrogen) atoms. The lowest BCUT2D eigenvalue weighted by molar-refractivity contribution is -0.118. The topological polar surface area (TPSA) is 66.4 Å². The Labute approximate surface area is 131 Å². The van der Waals surface area contributed by atoms with Crippen molar-refractivity contribution in [1.82, 2.24) is 0 Å². The number of hydrogen-bond donors (Lipinski definition) is 2. The number of nitrogens with one attached hydrogen (secondary N) is 1. The van der Waals surface area contributed by atoms with Crippen molar-refractivity contribution in [2.45, 2.75) is 17.8 Å². The number of halogens is 1. The van der Waals surface area contributed by atoms with Crippen LogP contribution in [0.25, 0.3) is 0 Å². The van der Waals surface area contributed by atoms with Crippen molar-refractivity contribution in [3.8, 4) is 0 Å². The van der Waals surface area contributed by atoms with Crippen LogP contribution in [0, 0.1) is 0 Å². The molecule has 5 heteroatoms. The Morgan fingerprint density at radius 2 is 2.09 bits per heavy atom. The van der Waals surface area contributed by atoms with Gasteiger partial charge in [0.15, 0.2) is 0 Å². The Bertz CT molecular complexity index is 832. The van der Waals surface area contributed by atoms with Gasteiger partial charge in [-0.25, -0.2) is 4.79 Å². The lowest BCUT2D eigenvalue weighted by atomic mass is 9.91. The van der Waals surface area contributed by atoms with Gasteiger partial charge in [0.2, 0.25) is 5.91 Å². The third-order valence-electron chi connectivity index (χ3n) is 4.61. The van der Waals surface area contributed by atoms with Crippen LogP contribution in [0.4, 0.5) is 5.69 Å². The fourth-order valence-electron chi connectivity index (χ4n) is 3.45. The second-order valence-electron chi connectivity index (χ2n) is 5.80.